The highest BCUT2D eigenvalue weighted by Gasteiger charge is 2.18. The number of benzene rings is 2. The topological polar surface area (TPSA) is 69.6 Å². The zero-order valence-electron chi connectivity index (χ0n) is 13.7. The number of amides is 2. The number of hydrogen-bond acceptors (Lipinski definition) is 3. The fraction of sp³-hybridized carbons (Fsp3) is 0.263. The number of hydrogen-bond donors (Lipinski definition) is 2. The van der Waals surface area contributed by atoms with E-state index in [0.717, 1.165) is 5.56 Å². The number of aliphatic hydroxyl groups excluding tert-OH is 1. The van der Waals surface area contributed by atoms with Crippen LogP contribution in [0.3, 0.4) is 0 Å². The van der Waals surface area contributed by atoms with Gasteiger partial charge in [-0.1, -0.05) is 48.5 Å². The molecular weight excluding hydrogens is 304 g/mol. The summed E-state index contributed by atoms with van der Waals surface area (Å²) in [6.07, 6.45) is 0.423. The minimum absolute atomic E-state index is 0.0291. The Morgan fingerprint density at radius 1 is 1.04 bits per heavy atom. The van der Waals surface area contributed by atoms with Crippen molar-refractivity contribution in [3.05, 3.63) is 71.8 Å². The second-order valence-electron chi connectivity index (χ2n) is 5.57. The number of nitrogens with zero attached hydrogens (tertiary/aromatic N) is 1. The van der Waals surface area contributed by atoms with E-state index in [4.69, 9.17) is 0 Å². The maximum absolute atomic E-state index is 12.3. The van der Waals surface area contributed by atoms with Crippen LogP contribution >= 0.6 is 0 Å². The first-order valence-electron chi connectivity index (χ1n) is 7.87. The van der Waals surface area contributed by atoms with Gasteiger partial charge in [0, 0.05) is 19.2 Å². The molecule has 0 aromatic heterocycles. The fourth-order valence-electron chi connectivity index (χ4n) is 2.46. The number of aliphatic hydroxyl groups is 1. The standard InChI is InChI=1S/C19H22N2O3/c1-21(19(24)16-10-6-3-7-11-16)14-18(23)20-17(12-13-22)15-8-4-2-5-9-15/h2-11,17,22H,12-14H2,1H3,(H,20,23). The summed E-state index contributed by atoms with van der Waals surface area (Å²) in [5.74, 6) is -0.465. The molecule has 0 aliphatic heterocycles. The molecule has 0 saturated heterocycles. The summed E-state index contributed by atoms with van der Waals surface area (Å²) in [7, 11) is 1.60. The Morgan fingerprint density at radius 2 is 1.62 bits per heavy atom. The van der Waals surface area contributed by atoms with Crippen LogP contribution in [-0.4, -0.2) is 42.0 Å². The van der Waals surface area contributed by atoms with E-state index in [0.29, 0.717) is 12.0 Å². The molecule has 1 atom stereocenters. The number of carbonyl (C=O) groups excluding carboxylic acids is 2. The summed E-state index contributed by atoms with van der Waals surface area (Å²) >= 11 is 0. The summed E-state index contributed by atoms with van der Waals surface area (Å²) in [5.41, 5.74) is 1.47. The Hall–Kier alpha value is -2.66. The number of likely N-dealkylation sites (N-methyl/N-ethyl adjacent to an activating group) is 1. The highest BCUT2D eigenvalue weighted by Crippen LogP contribution is 2.16. The summed E-state index contributed by atoms with van der Waals surface area (Å²) in [6, 6.07) is 18.0. The number of rotatable bonds is 7. The highest BCUT2D eigenvalue weighted by atomic mass is 16.3. The lowest BCUT2D eigenvalue weighted by molar-refractivity contribution is -0.122. The molecule has 1 unspecified atom stereocenters. The van der Waals surface area contributed by atoms with Crippen molar-refractivity contribution in [3.8, 4) is 0 Å². The van der Waals surface area contributed by atoms with Gasteiger partial charge < -0.3 is 15.3 Å². The van der Waals surface area contributed by atoms with Gasteiger partial charge in [0.25, 0.3) is 5.91 Å². The molecule has 126 valence electrons. The Morgan fingerprint density at radius 3 is 2.21 bits per heavy atom. The van der Waals surface area contributed by atoms with Crippen molar-refractivity contribution >= 4 is 11.8 Å². The lowest BCUT2D eigenvalue weighted by Gasteiger charge is -2.21. The van der Waals surface area contributed by atoms with E-state index in [1.807, 2.05) is 36.4 Å². The first-order chi connectivity index (χ1) is 11.6. The Balaban J connectivity index is 1.96. The minimum atomic E-state index is -0.274. The Labute approximate surface area is 141 Å². The van der Waals surface area contributed by atoms with E-state index >= 15 is 0 Å². The van der Waals surface area contributed by atoms with E-state index < -0.39 is 0 Å². The van der Waals surface area contributed by atoms with Crippen molar-refractivity contribution in [3.63, 3.8) is 0 Å². The third-order valence-electron chi connectivity index (χ3n) is 3.70. The van der Waals surface area contributed by atoms with Crippen LogP contribution in [0.1, 0.15) is 28.4 Å². The molecule has 5 nitrogen and oxygen atoms in total. The van der Waals surface area contributed by atoms with Gasteiger partial charge >= 0.3 is 0 Å². The molecule has 0 radical (unpaired) electrons. The molecule has 2 aromatic rings. The van der Waals surface area contributed by atoms with Crippen molar-refractivity contribution in [1.82, 2.24) is 10.2 Å². The molecule has 5 heteroatoms. The molecule has 0 spiro atoms. The summed E-state index contributed by atoms with van der Waals surface area (Å²) < 4.78 is 0. The van der Waals surface area contributed by atoms with Crippen LogP contribution in [-0.2, 0) is 4.79 Å². The first-order valence-corrected chi connectivity index (χ1v) is 7.87. The zero-order valence-corrected chi connectivity index (χ0v) is 13.7. The van der Waals surface area contributed by atoms with Crippen molar-refractivity contribution < 1.29 is 14.7 Å². The largest absolute Gasteiger partial charge is 0.396 e. The van der Waals surface area contributed by atoms with E-state index in [-0.39, 0.29) is 31.0 Å². The lowest BCUT2D eigenvalue weighted by atomic mass is 10.0. The van der Waals surface area contributed by atoms with Gasteiger partial charge in [0.2, 0.25) is 5.91 Å². The maximum Gasteiger partial charge on any atom is 0.254 e. The van der Waals surface area contributed by atoms with Crippen molar-refractivity contribution in [2.45, 2.75) is 12.5 Å². The fourth-order valence-corrected chi connectivity index (χ4v) is 2.46. The van der Waals surface area contributed by atoms with E-state index in [9.17, 15) is 14.7 Å². The van der Waals surface area contributed by atoms with Crippen LogP contribution in [0.4, 0.5) is 0 Å². The van der Waals surface area contributed by atoms with E-state index in [1.165, 1.54) is 4.90 Å². The van der Waals surface area contributed by atoms with E-state index in [1.54, 1.807) is 31.3 Å². The molecular formula is C19H22N2O3. The van der Waals surface area contributed by atoms with Crippen LogP contribution in [0.25, 0.3) is 0 Å². The van der Waals surface area contributed by atoms with Gasteiger partial charge in [-0.25, -0.2) is 0 Å². The predicted octanol–water partition coefficient (Wildman–Crippen LogP) is 2.00. The molecule has 2 rings (SSSR count). The average molecular weight is 326 g/mol. The second kappa shape index (κ2) is 8.84. The zero-order chi connectivity index (χ0) is 17.4. The number of carbonyl (C=O) groups is 2. The van der Waals surface area contributed by atoms with Gasteiger partial charge in [0.15, 0.2) is 0 Å². The van der Waals surface area contributed by atoms with E-state index in [2.05, 4.69) is 5.32 Å². The van der Waals surface area contributed by atoms with Gasteiger partial charge in [0.05, 0.1) is 12.6 Å². The quantitative estimate of drug-likeness (QED) is 0.817. The van der Waals surface area contributed by atoms with Crippen LogP contribution in [0.2, 0.25) is 0 Å². The molecule has 0 aliphatic carbocycles. The third kappa shape index (κ3) is 4.93. The van der Waals surface area contributed by atoms with Gasteiger partial charge in [-0.05, 0) is 24.1 Å². The SMILES string of the molecule is CN(CC(=O)NC(CCO)c1ccccc1)C(=O)c1ccccc1. The summed E-state index contributed by atoms with van der Waals surface area (Å²) in [5, 5.41) is 12.1. The molecule has 0 aliphatic rings. The highest BCUT2D eigenvalue weighted by molar-refractivity contribution is 5.96. The second-order valence-corrected chi connectivity index (χ2v) is 5.57. The molecule has 0 bridgehead atoms. The molecule has 0 heterocycles. The first kappa shape index (κ1) is 17.7. The molecule has 0 saturated carbocycles. The van der Waals surface area contributed by atoms with Crippen molar-refractivity contribution in [2.75, 3.05) is 20.2 Å². The van der Waals surface area contributed by atoms with Crippen LogP contribution < -0.4 is 5.32 Å². The van der Waals surface area contributed by atoms with Gasteiger partial charge in [0.1, 0.15) is 0 Å². The summed E-state index contributed by atoms with van der Waals surface area (Å²) in [6.45, 7) is -0.0683. The van der Waals surface area contributed by atoms with Crippen LogP contribution in [0.5, 0.6) is 0 Å². The van der Waals surface area contributed by atoms with Crippen LogP contribution in [0, 0.1) is 0 Å². The monoisotopic (exact) mass is 326 g/mol. The van der Waals surface area contributed by atoms with Gasteiger partial charge in [-0.15, -0.1) is 0 Å². The lowest BCUT2D eigenvalue weighted by Crippen LogP contribution is -2.40. The van der Waals surface area contributed by atoms with Gasteiger partial charge in [-0.2, -0.15) is 0 Å². The molecule has 2 N–H and O–H groups in total. The van der Waals surface area contributed by atoms with Crippen molar-refractivity contribution in [1.29, 1.82) is 0 Å². The van der Waals surface area contributed by atoms with Gasteiger partial charge in [-0.3, -0.25) is 9.59 Å². The van der Waals surface area contributed by atoms with Crippen LogP contribution in [0.15, 0.2) is 60.7 Å². The molecule has 0 fully saturated rings. The molecule has 24 heavy (non-hydrogen) atoms. The maximum atomic E-state index is 12.3. The third-order valence-corrected chi connectivity index (χ3v) is 3.70. The normalized spacial score (nSPS) is 11.6. The number of nitrogens with one attached hydrogen (secondary N) is 1. The molecule has 2 aromatic carbocycles. The van der Waals surface area contributed by atoms with Crippen molar-refractivity contribution in [2.24, 2.45) is 0 Å². The summed E-state index contributed by atoms with van der Waals surface area (Å²) in [4.78, 5) is 25.9. The Bertz CT molecular complexity index is 659. The minimum Gasteiger partial charge on any atom is -0.396 e. The molecule has 2 amide bonds. The Kier molecular flexibility index (Phi) is 6.51. The average Bonchev–Trinajstić information content (AvgIpc) is 2.62. The predicted molar refractivity (Wildman–Crippen MR) is 92.4 cm³/mol. The smallest absolute Gasteiger partial charge is 0.254 e.